The molecule has 1 heterocycles. The molecule has 1 aromatic rings. The van der Waals surface area contributed by atoms with Crippen LogP contribution in [0.5, 0.6) is 0 Å². The number of carbonyl (C=O) groups is 2. The van der Waals surface area contributed by atoms with Crippen LogP contribution in [0, 0.1) is 11.3 Å². The molecule has 0 aliphatic carbocycles. The van der Waals surface area contributed by atoms with Crippen molar-refractivity contribution < 1.29 is 9.59 Å². The van der Waals surface area contributed by atoms with E-state index in [1.807, 2.05) is 0 Å². The molecule has 2 rings (SSSR count). The van der Waals surface area contributed by atoms with E-state index >= 15 is 0 Å². The maximum atomic E-state index is 11.6. The number of imide groups is 1. The third-order valence-corrected chi connectivity index (χ3v) is 3.36. The summed E-state index contributed by atoms with van der Waals surface area (Å²) in [6.07, 6.45) is 0.737. The Hall–Kier alpha value is -1.87. The third-order valence-electron chi connectivity index (χ3n) is 2.69. The van der Waals surface area contributed by atoms with Crippen LogP contribution in [-0.4, -0.2) is 17.9 Å². The second-order valence-electron chi connectivity index (χ2n) is 3.92. The van der Waals surface area contributed by atoms with Crippen LogP contribution in [0.25, 0.3) is 0 Å². The summed E-state index contributed by atoms with van der Waals surface area (Å²) in [7, 11) is 0. The molecular weight excluding hydrogens is 298 g/mol. The van der Waals surface area contributed by atoms with Crippen LogP contribution < -0.4 is 10.6 Å². The number of halogens is 1. The minimum Gasteiger partial charge on any atom is -0.373 e. The van der Waals surface area contributed by atoms with E-state index in [1.54, 1.807) is 18.2 Å². The van der Waals surface area contributed by atoms with Crippen molar-refractivity contribution in [2.45, 2.75) is 18.9 Å². The molecule has 2 amide bonds. The Bertz CT molecular complexity index is 551. The summed E-state index contributed by atoms with van der Waals surface area (Å²) >= 11 is 3.28. The minimum atomic E-state index is -0.482. The van der Waals surface area contributed by atoms with Crippen molar-refractivity contribution in [1.82, 2.24) is 5.32 Å². The van der Waals surface area contributed by atoms with Gasteiger partial charge in [-0.05, 0) is 34.5 Å². The fourth-order valence-electron chi connectivity index (χ4n) is 1.78. The number of nitriles is 1. The molecule has 1 aliphatic rings. The molecule has 1 unspecified atom stereocenters. The summed E-state index contributed by atoms with van der Waals surface area (Å²) < 4.78 is 0.669. The highest BCUT2D eigenvalue weighted by atomic mass is 79.9. The van der Waals surface area contributed by atoms with Crippen LogP contribution in [0.15, 0.2) is 22.7 Å². The van der Waals surface area contributed by atoms with Gasteiger partial charge >= 0.3 is 0 Å². The molecule has 5 nitrogen and oxygen atoms in total. The number of benzene rings is 1. The molecule has 2 N–H and O–H groups in total. The topological polar surface area (TPSA) is 82.0 Å². The van der Waals surface area contributed by atoms with Gasteiger partial charge in [-0.2, -0.15) is 5.26 Å². The molecule has 0 bridgehead atoms. The molecular formula is C12H10BrN3O2. The second-order valence-corrected chi connectivity index (χ2v) is 4.78. The van der Waals surface area contributed by atoms with Crippen molar-refractivity contribution in [2.75, 3.05) is 5.32 Å². The average Bonchev–Trinajstić information content (AvgIpc) is 2.33. The molecule has 1 aromatic carbocycles. The van der Waals surface area contributed by atoms with Crippen LogP contribution in [0.3, 0.4) is 0 Å². The first kappa shape index (κ1) is 12.6. The average molecular weight is 308 g/mol. The molecule has 1 aliphatic heterocycles. The first-order chi connectivity index (χ1) is 8.61. The summed E-state index contributed by atoms with van der Waals surface area (Å²) in [5, 5.41) is 14.3. The van der Waals surface area contributed by atoms with E-state index in [2.05, 4.69) is 32.6 Å². The fraction of sp³-hybridized carbons (Fsp3) is 0.250. The number of hydrogen-bond donors (Lipinski definition) is 2. The van der Waals surface area contributed by atoms with E-state index in [0.29, 0.717) is 28.6 Å². The summed E-state index contributed by atoms with van der Waals surface area (Å²) in [5.74, 6) is -0.608. The van der Waals surface area contributed by atoms with E-state index in [-0.39, 0.29) is 11.8 Å². The molecule has 0 saturated carbocycles. The molecule has 0 aromatic heterocycles. The zero-order chi connectivity index (χ0) is 13.1. The monoisotopic (exact) mass is 307 g/mol. The van der Waals surface area contributed by atoms with Gasteiger partial charge in [0.15, 0.2) is 0 Å². The quantitative estimate of drug-likeness (QED) is 0.812. The Kier molecular flexibility index (Phi) is 3.63. The first-order valence-electron chi connectivity index (χ1n) is 5.40. The summed E-state index contributed by atoms with van der Waals surface area (Å²) in [5.41, 5.74) is 1.03. The second kappa shape index (κ2) is 5.19. The van der Waals surface area contributed by atoms with Crippen molar-refractivity contribution in [3.05, 3.63) is 28.2 Å². The molecule has 0 radical (unpaired) electrons. The Morgan fingerprint density at radius 3 is 2.89 bits per heavy atom. The lowest BCUT2D eigenvalue weighted by atomic mass is 10.0. The van der Waals surface area contributed by atoms with Gasteiger partial charge in [0.05, 0.1) is 11.3 Å². The van der Waals surface area contributed by atoms with Crippen LogP contribution in [0.1, 0.15) is 18.4 Å². The zero-order valence-electron chi connectivity index (χ0n) is 9.37. The molecule has 18 heavy (non-hydrogen) atoms. The van der Waals surface area contributed by atoms with E-state index in [4.69, 9.17) is 5.26 Å². The molecule has 1 saturated heterocycles. The van der Waals surface area contributed by atoms with Gasteiger partial charge in [0.1, 0.15) is 12.1 Å². The van der Waals surface area contributed by atoms with Crippen LogP contribution in [-0.2, 0) is 9.59 Å². The smallest absolute Gasteiger partial charge is 0.249 e. The predicted molar refractivity (Wildman–Crippen MR) is 68.7 cm³/mol. The van der Waals surface area contributed by atoms with Crippen molar-refractivity contribution in [3.8, 4) is 6.07 Å². The van der Waals surface area contributed by atoms with Crippen LogP contribution in [0.2, 0.25) is 0 Å². The van der Waals surface area contributed by atoms with Gasteiger partial charge in [0.25, 0.3) is 0 Å². The number of rotatable bonds is 2. The van der Waals surface area contributed by atoms with E-state index < -0.39 is 6.04 Å². The molecule has 1 fully saturated rings. The first-order valence-corrected chi connectivity index (χ1v) is 6.20. The molecule has 0 spiro atoms. The molecule has 1 atom stereocenters. The van der Waals surface area contributed by atoms with Gasteiger partial charge in [0, 0.05) is 10.9 Å². The maximum Gasteiger partial charge on any atom is 0.249 e. The highest BCUT2D eigenvalue weighted by molar-refractivity contribution is 9.10. The normalized spacial score (nSPS) is 19.0. The molecule has 92 valence electrons. The highest BCUT2D eigenvalue weighted by Gasteiger charge is 2.26. The minimum absolute atomic E-state index is 0.257. The fourth-order valence-corrected chi connectivity index (χ4v) is 2.23. The third kappa shape index (κ3) is 2.51. The number of nitrogens with zero attached hydrogens (tertiary/aromatic N) is 1. The van der Waals surface area contributed by atoms with Gasteiger partial charge in [-0.1, -0.05) is 6.07 Å². The van der Waals surface area contributed by atoms with E-state index in [1.165, 1.54) is 0 Å². The van der Waals surface area contributed by atoms with E-state index in [9.17, 15) is 9.59 Å². The number of anilines is 1. The Labute approximate surface area is 112 Å². The Morgan fingerprint density at radius 1 is 1.44 bits per heavy atom. The zero-order valence-corrected chi connectivity index (χ0v) is 11.0. The maximum absolute atomic E-state index is 11.6. The number of nitrogens with one attached hydrogen (secondary N) is 2. The standard InChI is InChI=1S/C12H10BrN3O2/c13-8-2-1-3-9(7(8)6-14)15-10-4-5-11(17)16-12(10)18/h1-3,10,15H,4-5H2,(H,16,17,18). The van der Waals surface area contributed by atoms with Gasteiger partial charge in [-0.3, -0.25) is 14.9 Å². The van der Waals surface area contributed by atoms with Crippen molar-refractivity contribution in [2.24, 2.45) is 0 Å². The number of hydrogen-bond acceptors (Lipinski definition) is 4. The lowest BCUT2D eigenvalue weighted by molar-refractivity contribution is -0.133. The van der Waals surface area contributed by atoms with E-state index in [0.717, 1.165) is 0 Å². The molecule has 6 heteroatoms. The van der Waals surface area contributed by atoms with Crippen molar-refractivity contribution >= 4 is 33.4 Å². The number of piperidine rings is 1. The van der Waals surface area contributed by atoms with Crippen molar-refractivity contribution in [3.63, 3.8) is 0 Å². The SMILES string of the molecule is N#Cc1c(Br)cccc1NC1CCC(=O)NC1=O. The summed E-state index contributed by atoms with van der Waals surface area (Å²) in [4.78, 5) is 22.6. The van der Waals surface area contributed by atoms with Gasteiger partial charge < -0.3 is 5.32 Å². The number of carbonyl (C=O) groups excluding carboxylic acids is 2. The van der Waals surface area contributed by atoms with Crippen molar-refractivity contribution in [1.29, 1.82) is 5.26 Å². The van der Waals surface area contributed by atoms with Gasteiger partial charge in [0.2, 0.25) is 11.8 Å². The Balaban J connectivity index is 2.20. The van der Waals surface area contributed by atoms with Gasteiger partial charge in [-0.15, -0.1) is 0 Å². The Morgan fingerprint density at radius 2 is 2.22 bits per heavy atom. The number of amides is 2. The lowest BCUT2D eigenvalue weighted by Crippen LogP contribution is -2.47. The van der Waals surface area contributed by atoms with Crippen LogP contribution in [0.4, 0.5) is 5.69 Å². The van der Waals surface area contributed by atoms with Gasteiger partial charge in [-0.25, -0.2) is 0 Å². The predicted octanol–water partition coefficient (Wildman–Crippen LogP) is 1.54. The largest absolute Gasteiger partial charge is 0.373 e. The highest BCUT2D eigenvalue weighted by Crippen LogP contribution is 2.25. The summed E-state index contributed by atoms with van der Waals surface area (Å²) in [6.45, 7) is 0. The lowest BCUT2D eigenvalue weighted by Gasteiger charge is -2.23. The summed E-state index contributed by atoms with van der Waals surface area (Å²) in [6, 6.07) is 6.85. The van der Waals surface area contributed by atoms with Crippen LogP contribution >= 0.6 is 15.9 Å².